The standard InChI is InChI=1S/C17H17N3OS/c1-20(11-13-5-3-2-4-6-13)12-15-16(19-17(21)22-15)14-7-9-18-10-8-14/h2-10H,11-12H2,1H3,(H,19,21). The average molecular weight is 311 g/mol. The summed E-state index contributed by atoms with van der Waals surface area (Å²) < 4.78 is 0. The van der Waals surface area contributed by atoms with E-state index in [0.29, 0.717) is 0 Å². The SMILES string of the molecule is CN(Cc1ccccc1)Cc1sc(=O)[nH]c1-c1ccncc1. The Kier molecular flexibility index (Phi) is 4.46. The molecule has 3 rings (SSSR count). The van der Waals surface area contributed by atoms with E-state index in [4.69, 9.17) is 0 Å². The summed E-state index contributed by atoms with van der Waals surface area (Å²) in [7, 11) is 2.06. The second kappa shape index (κ2) is 6.68. The van der Waals surface area contributed by atoms with Crippen LogP contribution in [0.2, 0.25) is 0 Å². The van der Waals surface area contributed by atoms with Gasteiger partial charge in [0, 0.05) is 35.9 Å². The lowest BCUT2D eigenvalue weighted by molar-refractivity contribution is 0.322. The number of hydrogen-bond donors (Lipinski definition) is 1. The van der Waals surface area contributed by atoms with Gasteiger partial charge in [-0.1, -0.05) is 41.7 Å². The molecule has 0 spiro atoms. The number of H-pyrrole nitrogens is 1. The highest BCUT2D eigenvalue weighted by molar-refractivity contribution is 7.09. The highest BCUT2D eigenvalue weighted by Crippen LogP contribution is 2.24. The molecule has 0 saturated carbocycles. The van der Waals surface area contributed by atoms with Gasteiger partial charge >= 0.3 is 4.87 Å². The van der Waals surface area contributed by atoms with Gasteiger partial charge in [0.05, 0.1) is 5.69 Å². The highest BCUT2D eigenvalue weighted by Gasteiger charge is 2.12. The van der Waals surface area contributed by atoms with Crippen molar-refractivity contribution in [3.05, 3.63) is 75.0 Å². The van der Waals surface area contributed by atoms with Crippen molar-refractivity contribution in [2.24, 2.45) is 0 Å². The van der Waals surface area contributed by atoms with Gasteiger partial charge < -0.3 is 4.98 Å². The summed E-state index contributed by atoms with van der Waals surface area (Å²) in [5.74, 6) is 0. The number of nitrogens with zero attached hydrogens (tertiary/aromatic N) is 2. The molecule has 0 atom stereocenters. The molecule has 0 bridgehead atoms. The Morgan fingerprint density at radius 2 is 1.82 bits per heavy atom. The molecule has 22 heavy (non-hydrogen) atoms. The number of aromatic amines is 1. The third kappa shape index (κ3) is 3.50. The fourth-order valence-electron chi connectivity index (χ4n) is 2.42. The molecule has 0 fully saturated rings. The topological polar surface area (TPSA) is 49.0 Å². The molecule has 0 aliphatic carbocycles. The van der Waals surface area contributed by atoms with Crippen molar-refractivity contribution in [2.75, 3.05) is 7.05 Å². The minimum Gasteiger partial charge on any atom is -0.312 e. The molecule has 4 nitrogen and oxygen atoms in total. The van der Waals surface area contributed by atoms with Gasteiger partial charge in [-0.3, -0.25) is 14.7 Å². The molecule has 0 aliphatic rings. The molecule has 3 aromatic rings. The van der Waals surface area contributed by atoms with Crippen LogP contribution in [0.25, 0.3) is 11.3 Å². The van der Waals surface area contributed by atoms with Crippen LogP contribution < -0.4 is 4.87 Å². The molecule has 2 aromatic heterocycles. The van der Waals surface area contributed by atoms with Gasteiger partial charge in [-0.25, -0.2) is 0 Å². The first-order valence-electron chi connectivity index (χ1n) is 7.07. The smallest absolute Gasteiger partial charge is 0.305 e. The molecule has 0 saturated heterocycles. The Bertz CT molecular complexity index is 780. The minimum absolute atomic E-state index is 0.0186. The summed E-state index contributed by atoms with van der Waals surface area (Å²) in [4.78, 5) is 22.0. The number of hydrogen-bond acceptors (Lipinski definition) is 4. The molecule has 0 unspecified atom stereocenters. The van der Waals surface area contributed by atoms with Crippen molar-refractivity contribution in [1.82, 2.24) is 14.9 Å². The maximum atomic E-state index is 11.8. The predicted octanol–water partition coefficient (Wildman–Crippen LogP) is 3.13. The van der Waals surface area contributed by atoms with Crippen molar-refractivity contribution >= 4 is 11.3 Å². The van der Waals surface area contributed by atoms with Crippen LogP contribution in [0.3, 0.4) is 0 Å². The molecular weight excluding hydrogens is 294 g/mol. The lowest BCUT2D eigenvalue weighted by Crippen LogP contribution is -2.16. The summed E-state index contributed by atoms with van der Waals surface area (Å²) in [6.07, 6.45) is 3.48. The number of nitrogens with one attached hydrogen (secondary N) is 1. The second-order valence-electron chi connectivity index (χ2n) is 5.21. The minimum atomic E-state index is -0.0186. The van der Waals surface area contributed by atoms with E-state index in [1.807, 2.05) is 30.3 Å². The van der Waals surface area contributed by atoms with Crippen LogP contribution in [0.4, 0.5) is 0 Å². The first-order chi connectivity index (χ1) is 10.7. The Morgan fingerprint density at radius 1 is 1.09 bits per heavy atom. The first-order valence-corrected chi connectivity index (χ1v) is 7.89. The average Bonchev–Trinajstić information content (AvgIpc) is 2.89. The van der Waals surface area contributed by atoms with E-state index in [9.17, 15) is 4.79 Å². The summed E-state index contributed by atoms with van der Waals surface area (Å²) >= 11 is 1.27. The third-order valence-corrected chi connectivity index (χ3v) is 4.27. The highest BCUT2D eigenvalue weighted by atomic mass is 32.1. The second-order valence-corrected chi connectivity index (χ2v) is 6.27. The Balaban J connectivity index is 1.79. The van der Waals surface area contributed by atoms with Crippen LogP contribution in [-0.2, 0) is 13.1 Å². The van der Waals surface area contributed by atoms with E-state index in [1.165, 1.54) is 16.9 Å². The van der Waals surface area contributed by atoms with E-state index in [-0.39, 0.29) is 4.87 Å². The predicted molar refractivity (Wildman–Crippen MR) is 89.8 cm³/mol. The molecular formula is C17H17N3OS. The molecule has 1 aromatic carbocycles. The normalized spacial score (nSPS) is 11.0. The molecule has 0 amide bonds. The van der Waals surface area contributed by atoms with Gasteiger partial charge in [0.1, 0.15) is 0 Å². The van der Waals surface area contributed by atoms with Crippen molar-refractivity contribution in [3.63, 3.8) is 0 Å². The lowest BCUT2D eigenvalue weighted by atomic mass is 10.1. The molecule has 5 heteroatoms. The number of benzene rings is 1. The fourth-order valence-corrected chi connectivity index (χ4v) is 3.35. The van der Waals surface area contributed by atoms with Crippen molar-refractivity contribution in [2.45, 2.75) is 13.1 Å². The zero-order chi connectivity index (χ0) is 15.4. The maximum Gasteiger partial charge on any atom is 0.305 e. The summed E-state index contributed by atoms with van der Waals surface area (Å²) in [6.45, 7) is 1.58. The van der Waals surface area contributed by atoms with Crippen LogP contribution in [0.1, 0.15) is 10.4 Å². The number of thiazole rings is 1. The molecule has 1 N–H and O–H groups in total. The largest absolute Gasteiger partial charge is 0.312 e. The van der Waals surface area contributed by atoms with Gasteiger partial charge in [0.25, 0.3) is 0 Å². The van der Waals surface area contributed by atoms with Gasteiger partial charge in [0.2, 0.25) is 0 Å². The maximum absolute atomic E-state index is 11.8. The van der Waals surface area contributed by atoms with E-state index in [1.54, 1.807) is 12.4 Å². The Morgan fingerprint density at radius 3 is 2.55 bits per heavy atom. The van der Waals surface area contributed by atoms with Crippen LogP contribution >= 0.6 is 11.3 Å². The zero-order valence-corrected chi connectivity index (χ0v) is 13.1. The van der Waals surface area contributed by atoms with Gasteiger partial charge in [-0.15, -0.1) is 0 Å². The summed E-state index contributed by atoms with van der Waals surface area (Å²) in [5, 5.41) is 0. The van der Waals surface area contributed by atoms with E-state index >= 15 is 0 Å². The summed E-state index contributed by atoms with van der Waals surface area (Å²) in [6, 6.07) is 14.2. The van der Waals surface area contributed by atoms with E-state index in [2.05, 4.69) is 34.0 Å². The first kappa shape index (κ1) is 14.7. The van der Waals surface area contributed by atoms with Crippen LogP contribution in [0.15, 0.2) is 59.7 Å². The molecule has 0 aliphatic heterocycles. The van der Waals surface area contributed by atoms with Crippen LogP contribution in [-0.4, -0.2) is 21.9 Å². The van der Waals surface area contributed by atoms with Crippen molar-refractivity contribution in [3.8, 4) is 11.3 Å². The third-order valence-electron chi connectivity index (χ3n) is 3.40. The summed E-state index contributed by atoms with van der Waals surface area (Å²) in [5.41, 5.74) is 3.16. The van der Waals surface area contributed by atoms with E-state index < -0.39 is 0 Å². The Labute approximate surface area is 133 Å². The van der Waals surface area contributed by atoms with Crippen molar-refractivity contribution < 1.29 is 0 Å². The van der Waals surface area contributed by atoms with Gasteiger partial charge in [-0.05, 0) is 24.7 Å². The monoisotopic (exact) mass is 311 g/mol. The molecule has 0 radical (unpaired) electrons. The quantitative estimate of drug-likeness (QED) is 0.787. The van der Waals surface area contributed by atoms with Crippen LogP contribution in [0.5, 0.6) is 0 Å². The Hall–Kier alpha value is -2.24. The molecule has 112 valence electrons. The van der Waals surface area contributed by atoms with Gasteiger partial charge in [-0.2, -0.15) is 0 Å². The number of pyridine rings is 1. The zero-order valence-electron chi connectivity index (χ0n) is 12.3. The van der Waals surface area contributed by atoms with Crippen molar-refractivity contribution in [1.29, 1.82) is 0 Å². The van der Waals surface area contributed by atoms with E-state index in [0.717, 1.165) is 29.2 Å². The number of aromatic nitrogens is 2. The van der Waals surface area contributed by atoms with Gasteiger partial charge in [0.15, 0.2) is 0 Å². The fraction of sp³-hybridized carbons (Fsp3) is 0.176. The lowest BCUT2D eigenvalue weighted by Gasteiger charge is -2.16. The molecule has 2 heterocycles. The van der Waals surface area contributed by atoms with Crippen LogP contribution in [0, 0.1) is 0 Å². The number of rotatable bonds is 5.